The van der Waals surface area contributed by atoms with Crippen molar-refractivity contribution in [2.24, 2.45) is 5.16 Å². The molecule has 0 fully saturated rings. The van der Waals surface area contributed by atoms with Gasteiger partial charge in [-0.2, -0.15) is 0 Å². The van der Waals surface area contributed by atoms with Crippen molar-refractivity contribution in [3.8, 4) is 5.75 Å². The van der Waals surface area contributed by atoms with Crippen LogP contribution < -0.4 is 10.1 Å². The molecule has 1 aromatic rings. The van der Waals surface area contributed by atoms with E-state index < -0.39 is 18.0 Å². The fourth-order valence-electron chi connectivity index (χ4n) is 1.71. The molecule has 1 aliphatic heterocycles. The Bertz CT molecular complexity index is 555. The van der Waals surface area contributed by atoms with Crippen LogP contribution in [0, 0.1) is 0 Å². The van der Waals surface area contributed by atoms with Crippen LogP contribution in [0.5, 0.6) is 5.75 Å². The minimum atomic E-state index is -1.19. The molecule has 0 radical (unpaired) electrons. The molecule has 7 heteroatoms. The molecule has 0 aromatic heterocycles. The van der Waals surface area contributed by atoms with Crippen molar-refractivity contribution in [3.63, 3.8) is 0 Å². The first kappa shape index (κ1) is 13.9. The quantitative estimate of drug-likeness (QED) is 0.844. The van der Waals surface area contributed by atoms with Crippen molar-refractivity contribution in [2.75, 3.05) is 11.9 Å². The van der Waals surface area contributed by atoms with Gasteiger partial charge in [0.05, 0.1) is 12.3 Å². The highest BCUT2D eigenvalue weighted by molar-refractivity contribution is 6.36. The van der Waals surface area contributed by atoms with E-state index in [1.807, 2.05) is 6.92 Å². The minimum Gasteiger partial charge on any atom is -0.492 e. The third kappa shape index (κ3) is 3.05. The van der Waals surface area contributed by atoms with E-state index in [1.165, 1.54) is 0 Å². The number of nitrogens with zero attached hydrogens (tertiary/aromatic N) is 1. The molecule has 0 bridgehead atoms. The largest absolute Gasteiger partial charge is 0.492 e. The summed E-state index contributed by atoms with van der Waals surface area (Å²) in [6.07, 6.45) is -0.992. The normalized spacial score (nSPS) is 17.1. The van der Waals surface area contributed by atoms with Gasteiger partial charge in [-0.05, 0) is 19.1 Å². The van der Waals surface area contributed by atoms with Gasteiger partial charge in [-0.25, -0.2) is 4.79 Å². The number of nitrogens with one attached hydrogen (secondary N) is 1. The van der Waals surface area contributed by atoms with E-state index in [0.29, 0.717) is 18.0 Å². The van der Waals surface area contributed by atoms with Gasteiger partial charge in [0.2, 0.25) is 6.10 Å². The number of ether oxygens (including phenoxy) is 1. The molecule has 106 valence electrons. The van der Waals surface area contributed by atoms with Gasteiger partial charge in [0.15, 0.2) is 5.71 Å². The van der Waals surface area contributed by atoms with Crippen molar-refractivity contribution >= 4 is 23.3 Å². The summed E-state index contributed by atoms with van der Waals surface area (Å²) in [5.41, 5.74) is 0.343. The van der Waals surface area contributed by atoms with Gasteiger partial charge in [0.1, 0.15) is 5.75 Å². The molecule has 2 N–H and O–H groups in total. The Morgan fingerprint density at radius 3 is 2.90 bits per heavy atom. The lowest BCUT2D eigenvalue weighted by atomic mass is 10.1. The van der Waals surface area contributed by atoms with Crippen molar-refractivity contribution in [2.45, 2.75) is 19.4 Å². The lowest BCUT2D eigenvalue weighted by Gasteiger charge is -2.13. The highest BCUT2D eigenvalue weighted by Gasteiger charge is 2.31. The van der Waals surface area contributed by atoms with Crippen molar-refractivity contribution in [1.29, 1.82) is 0 Å². The number of para-hydroxylation sites is 2. The molecule has 1 atom stereocenters. The van der Waals surface area contributed by atoms with Crippen LogP contribution in [0.3, 0.4) is 0 Å². The van der Waals surface area contributed by atoms with Crippen LogP contribution in [0.4, 0.5) is 5.69 Å². The summed E-state index contributed by atoms with van der Waals surface area (Å²) < 4.78 is 5.38. The van der Waals surface area contributed by atoms with Gasteiger partial charge < -0.3 is 20.0 Å². The maximum absolute atomic E-state index is 12.0. The van der Waals surface area contributed by atoms with E-state index in [2.05, 4.69) is 10.5 Å². The molecule has 7 nitrogen and oxygen atoms in total. The second-order valence-electron chi connectivity index (χ2n) is 4.06. The first-order valence-corrected chi connectivity index (χ1v) is 6.10. The number of hydrogen-bond donors (Lipinski definition) is 2. The van der Waals surface area contributed by atoms with Gasteiger partial charge in [-0.1, -0.05) is 17.3 Å². The Hall–Kier alpha value is -2.57. The first-order valence-electron chi connectivity index (χ1n) is 6.10. The lowest BCUT2D eigenvalue weighted by molar-refractivity contribution is -0.129. The van der Waals surface area contributed by atoms with E-state index in [1.54, 1.807) is 24.3 Å². The smallest absolute Gasteiger partial charge is 0.353 e. The predicted octanol–water partition coefficient (Wildman–Crippen LogP) is 1.25. The summed E-state index contributed by atoms with van der Waals surface area (Å²) in [5.74, 6) is -1.10. The molecule has 0 saturated heterocycles. The van der Waals surface area contributed by atoms with Crippen molar-refractivity contribution in [1.82, 2.24) is 0 Å². The maximum atomic E-state index is 12.0. The van der Waals surface area contributed by atoms with E-state index >= 15 is 0 Å². The SMILES string of the molecule is CCOc1ccccc1NC(=O)C1CC(C(=O)O)=NO1. The zero-order valence-corrected chi connectivity index (χ0v) is 10.8. The Labute approximate surface area is 115 Å². The summed E-state index contributed by atoms with van der Waals surface area (Å²) in [6, 6.07) is 6.97. The Morgan fingerprint density at radius 1 is 1.50 bits per heavy atom. The van der Waals surface area contributed by atoms with Crippen LogP contribution in [0.15, 0.2) is 29.4 Å². The van der Waals surface area contributed by atoms with Gasteiger partial charge in [-0.3, -0.25) is 4.79 Å². The van der Waals surface area contributed by atoms with Gasteiger partial charge in [-0.15, -0.1) is 0 Å². The third-order valence-electron chi connectivity index (χ3n) is 2.65. The molecule has 1 amide bonds. The minimum absolute atomic E-state index is 0.0576. The van der Waals surface area contributed by atoms with Crippen LogP contribution in [-0.4, -0.2) is 35.4 Å². The van der Waals surface area contributed by atoms with Crippen LogP contribution in [0.25, 0.3) is 0 Å². The second-order valence-corrected chi connectivity index (χ2v) is 4.06. The Morgan fingerprint density at radius 2 is 2.25 bits per heavy atom. The van der Waals surface area contributed by atoms with Crippen LogP contribution in [0.1, 0.15) is 13.3 Å². The van der Waals surface area contributed by atoms with E-state index in [4.69, 9.17) is 14.7 Å². The number of anilines is 1. The Balaban J connectivity index is 2.01. The summed E-state index contributed by atoms with van der Waals surface area (Å²) in [4.78, 5) is 27.5. The van der Waals surface area contributed by atoms with E-state index in [9.17, 15) is 9.59 Å². The second kappa shape index (κ2) is 6.05. The molecular weight excluding hydrogens is 264 g/mol. The molecule has 20 heavy (non-hydrogen) atoms. The van der Waals surface area contributed by atoms with E-state index in [0.717, 1.165) is 0 Å². The van der Waals surface area contributed by atoms with Crippen LogP contribution in [0.2, 0.25) is 0 Å². The molecule has 0 aliphatic carbocycles. The fraction of sp³-hybridized carbons (Fsp3) is 0.308. The highest BCUT2D eigenvalue weighted by atomic mass is 16.6. The molecule has 1 heterocycles. The summed E-state index contributed by atoms with van der Waals surface area (Å²) >= 11 is 0. The summed E-state index contributed by atoms with van der Waals surface area (Å²) in [5, 5.41) is 14.8. The molecule has 1 aromatic carbocycles. The van der Waals surface area contributed by atoms with E-state index in [-0.39, 0.29) is 12.1 Å². The summed E-state index contributed by atoms with van der Waals surface area (Å²) in [6.45, 7) is 2.31. The summed E-state index contributed by atoms with van der Waals surface area (Å²) in [7, 11) is 0. The Kier molecular flexibility index (Phi) is 4.19. The standard InChI is InChI=1S/C13H14N2O5/c1-2-19-10-6-4-3-5-8(10)14-12(16)11-7-9(13(17)18)15-20-11/h3-6,11H,2,7H2,1H3,(H,14,16)(H,17,18). The van der Waals surface area contributed by atoms with Crippen LogP contribution in [-0.2, 0) is 14.4 Å². The van der Waals surface area contributed by atoms with Gasteiger partial charge in [0, 0.05) is 6.42 Å². The number of benzene rings is 1. The number of oxime groups is 1. The number of carboxylic acids is 1. The average Bonchev–Trinajstić information content (AvgIpc) is 2.91. The van der Waals surface area contributed by atoms with Crippen LogP contribution >= 0.6 is 0 Å². The topological polar surface area (TPSA) is 97.2 Å². The van der Waals surface area contributed by atoms with Crippen molar-refractivity contribution < 1.29 is 24.3 Å². The van der Waals surface area contributed by atoms with Crippen molar-refractivity contribution in [3.05, 3.63) is 24.3 Å². The zero-order chi connectivity index (χ0) is 14.5. The monoisotopic (exact) mass is 278 g/mol. The molecule has 1 unspecified atom stereocenters. The number of aliphatic carboxylic acids is 1. The number of carboxylic acid groups (broad SMARTS) is 1. The molecule has 0 spiro atoms. The molecular formula is C13H14N2O5. The molecule has 1 aliphatic rings. The zero-order valence-electron chi connectivity index (χ0n) is 10.8. The number of hydrogen-bond acceptors (Lipinski definition) is 5. The average molecular weight is 278 g/mol. The van der Waals surface area contributed by atoms with Gasteiger partial charge in [0.25, 0.3) is 5.91 Å². The molecule has 2 rings (SSSR count). The first-order chi connectivity index (χ1) is 9.61. The highest BCUT2D eigenvalue weighted by Crippen LogP contribution is 2.24. The number of carbonyl (C=O) groups excluding carboxylic acids is 1. The number of carbonyl (C=O) groups is 2. The number of rotatable bonds is 5. The molecule has 0 saturated carbocycles. The predicted molar refractivity (Wildman–Crippen MR) is 70.8 cm³/mol. The van der Waals surface area contributed by atoms with Gasteiger partial charge >= 0.3 is 5.97 Å². The fourth-order valence-corrected chi connectivity index (χ4v) is 1.71. The third-order valence-corrected chi connectivity index (χ3v) is 2.65. The maximum Gasteiger partial charge on any atom is 0.353 e. The lowest BCUT2D eigenvalue weighted by Crippen LogP contribution is -2.29. The number of amides is 1.